The van der Waals surface area contributed by atoms with Crippen LogP contribution in [0.3, 0.4) is 0 Å². The summed E-state index contributed by atoms with van der Waals surface area (Å²) < 4.78 is 24.0. The van der Waals surface area contributed by atoms with E-state index in [0.29, 0.717) is 37.8 Å². The van der Waals surface area contributed by atoms with E-state index in [-0.39, 0.29) is 30.3 Å². The monoisotopic (exact) mass is 591 g/mol. The molecule has 11 heteroatoms. The predicted molar refractivity (Wildman–Crippen MR) is 158 cm³/mol. The van der Waals surface area contributed by atoms with E-state index >= 15 is 0 Å². The van der Waals surface area contributed by atoms with Crippen molar-refractivity contribution in [2.24, 2.45) is 4.99 Å². The van der Waals surface area contributed by atoms with Gasteiger partial charge in [-0.25, -0.2) is 9.79 Å². The fourth-order valence-electron chi connectivity index (χ4n) is 5.14. The molecule has 1 saturated heterocycles. The van der Waals surface area contributed by atoms with E-state index < -0.39 is 12.0 Å². The highest BCUT2D eigenvalue weighted by molar-refractivity contribution is 7.07. The van der Waals surface area contributed by atoms with E-state index in [4.69, 9.17) is 18.9 Å². The zero-order valence-electron chi connectivity index (χ0n) is 24.0. The van der Waals surface area contributed by atoms with E-state index in [1.54, 1.807) is 57.4 Å². The number of rotatable bonds is 9. The number of methoxy groups -OCH3 is 2. The second-order valence-electron chi connectivity index (χ2n) is 9.86. The fourth-order valence-corrected chi connectivity index (χ4v) is 6.19. The van der Waals surface area contributed by atoms with Crippen molar-refractivity contribution in [2.45, 2.75) is 32.7 Å². The van der Waals surface area contributed by atoms with Gasteiger partial charge in [0.2, 0.25) is 0 Å². The summed E-state index contributed by atoms with van der Waals surface area (Å²) in [5.41, 5.74) is 1.82. The van der Waals surface area contributed by atoms with E-state index in [1.165, 1.54) is 23.0 Å². The Morgan fingerprint density at radius 2 is 1.76 bits per heavy atom. The van der Waals surface area contributed by atoms with Gasteiger partial charge in [-0.2, -0.15) is 0 Å². The first-order chi connectivity index (χ1) is 20.3. The molecular formula is C31H33N3O7S. The Morgan fingerprint density at radius 3 is 2.43 bits per heavy atom. The van der Waals surface area contributed by atoms with Crippen LogP contribution in [-0.2, 0) is 14.3 Å². The number of aromatic nitrogens is 1. The standard InChI is InChI=1S/C31H33N3O7S/c1-5-40-30(37)27-19(2)32-31-34(28(27)23-13-12-22(38-3)17-24(23)39-4)29(36)25(42-31)16-20-8-10-21(11-9-20)41-18-26(35)33-14-6-7-15-33/h8-13,16-17,28H,5-7,14-15,18H2,1-4H3/b25-16+/t28-/m1/s1. The molecule has 0 N–H and O–H groups in total. The summed E-state index contributed by atoms with van der Waals surface area (Å²) >= 11 is 1.23. The van der Waals surface area contributed by atoms with Gasteiger partial charge in [0.15, 0.2) is 11.4 Å². The van der Waals surface area contributed by atoms with Crippen LogP contribution in [0, 0.1) is 0 Å². The lowest BCUT2D eigenvalue weighted by Gasteiger charge is -2.26. The SMILES string of the molecule is CCOC(=O)C1=C(C)N=c2s/c(=C/c3ccc(OCC(=O)N4CCCC4)cc3)c(=O)n2[C@@H]1c1ccc(OC)cc1OC. The third-order valence-electron chi connectivity index (χ3n) is 7.25. The number of carbonyl (C=O) groups excluding carboxylic acids is 2. The summed E-state index contributed by atoms with van der Waals surface area (Å²) in [6, 6.07) is 11.6. The van der Waals surface area contributed by atoms with Gasteiger partial charge in [-0.05, 0) is 62.6 Å². The molecule has 3 aromatic rings. The number of ether oxygens (including phenoxy) is 4. The van der Waals surface area contributed by atoms with Gasteiger partial charge in [-0.15, -0.1) is 0 Å². The molecule has 220 valence electrons. The lowest BCUT2D eigenvalue weighted by Crippen LogP contribution is -2.40. The van der Waals surface area contributed by atoms with E-state index in [1.807, 2.05) is 17.0 Å². The number of esters is 1. The van der Waals surface area contributed by atoms with Gasteiger partial charge in [0.05, 0.1) is 36.6 Å². The zero-order valence-corrected chi connectivity index (χ0v) is 24.9. The molecule has 10 nitrogen and oxygen atoms in total. The average Bonchev–Trinajstić information content (AvgIpc) is 3.64. The minimum Gasteiger partial charge on any atom is -0.497 e. The largest absolute Gasteiger partial charge is 0.497 e. The van der Waals surface area contributed by atoms with E-state index in [0.717, 1.165) is 31.5 Å². The van der Waals surface area contributed by atoms with Crippen molar-refractivity contribution in [1.82, 2.24) is 9.47 Å². The molecule has 2 aromatic carbocycles. The highest BCUT2D eigenvalue weighted by atomic mass is 32.1. The van der Waals surface area contributed by atoms with Gasteiger partial charge >= 0.3 is 5.97 Å². The molecule has 0 radical (unpaired) electrons. The first kappa shape index (κ1) is 29.1. The summed E-state index contributed by atoms with van der Waals surface area (Å²) in [6.07, 6.45) is 3.84. The van der Waals surface area contributed by atoms with Gasteiger partial charge in [-0.3, -0.25) is 14.2 Å². The van der Waals surface area contributed by atoms with Crippen LogP contribution in [0.2, 0.25) is 0 Å². The summed E-state index contributed by atoms with van der Waals surface area (Å²) in [5, 5.41) is 0. The second-order valence-corrected chi connectivity index (χ2v) is 10.9. The van der Waals surface area contributed by atoms with Crippen LogP contribution in [0.5, 0.6) is 17.2 Å². The Labute approximate surface area is 247 Å². The number of allylic oxidation sites excluding steroid dienone is 1. The topological polar surface area (TPSA) is 109 Å². The maximum absolute atomic E-state index is 13.9. The molecule has 0 bridgehead atoms. The number of nitrogens with zero attached hydrogens (tertiary/aromatic N) is 3. The van der Waals surface area contributed by atoms with Crippen LogP contribution in [0.1, 0.15) is 43.9 Å². The number of hydrogen-bond donors (Lipinski definition) is 0. The van der Waals surface area contributed by atoms with Crippen LogP contribution in [0.4, 0.5) is 0 Å². The van der Waals surface area contributed by atoms with Crippen molar-refractivity contribution in [3.05, 3.63) is 84.5 Å². The van der Waals surface area contributed by atoms with Gasteiger partial charge in [0.25, 0.3) is 11.5 Å². The molecule has 0 unspecified atom stereocenters. The van der Waals surface area contributed by atoms with Gasteiger partial charge in [0.1, 0.15) is 23.3 Å². The lowest BCUT2D eigenvalue weighted by molar-refractivity contribution is -0.139. The predicted octanol–water partition coefficient (Wildman–Crippen LogP) is 2.82. The molecule has 2 aliphatic heterocycles. The van der Waals surface area contributed by atoms with Crippen LogP contribution < -0.4 is 29.1 Å². The fraction of sp³-hybridized carbons (Fsp3) is 0.355. The minimum absolute atomic E-state index is 0.00504. The summed E-state index contributed by atoms with van der Waals surface area (Å²) in [4.78, 5) is 46.3. The molecule has 2 aliphatic rings. The molecule has 3 heterocycles. The highest BCUT2D eigenvalue weighted by Gasteiger charge is 2.35. The molecule has 0 spiro atoms. The zero-order chi connectivity index (χ0) is 29.8. The number of likely N-dealkylation sites (tertiary alicyclic amines) is 1. The molecule has 1 fully saturated rings. The van der Waals surface area contributed by atoms with Crippen molar-refractivity contribution in [2.75, 3.05) is 40.5 Å². The Morgan fingerprint density at radius 1 is 1.05 bits per heavy atom. The summed E-state index contributed by atoms with van der Waals surface area (Å²) in [5.74, 6) is 1.05. The molecule has 0 saturated carbocycles. The maximum Gasteiger partial charge on any atom is 0.338 e. The van der Waals surface area contributed by atoms with Gasteiger partial charge in [-0.1, -0.05) is 23.5 Å². The number of fused-ring (bicyclic) bond motifs is 1. The first-order valence-electron chi connectivity index (χ1n) is 13.8. The highest BCUT2D eigenvalue weighted by Crippen LogP contribution is 2.37. The molecule has 1 aromatic heterocycles. The van der Waals surface area contributed by atoms with Crippen LogP contribution in [-0.4, -0.2) is 61.9 Å². The maximum atomic E-state index is 13.9. The third-order valence-corrected chi connectivity index (χ3v) is 8.23. The van der Waals surface area contributed by atoms with Gasteiger partial charge < -0.3 is 23.8 Å². The van der Waals surface area contributed by atoms with Crippen molar-refractivity contribution in [3.8, 4) is 17.2 Å². The number of amides is 1. The first-order valence-corrected chi connectivity index (χ1v) is 14.6. The lowest BCUT2D eigenvalue weighted by atomic mass is 9.95. The molecule has 1 atom stereocenters. The Balaban J connectivity index is 1.51. The van der Waals surface area contributed by atoms with Crippen molar-refractivity contribution in [3.63, 3.8) is 0 Å². The smallest absolute Gasteiger partial charge is 0.338 e. The Bertz CT molecular complexity index is 1700. The second kappa shape index (κ2) is 12.6. The molecule has 5 rings (SSSR count). The quantitative estimate of drug-likeness (QED) is 0.352. The number of benzene rings is 2. The minimum atomic E-state index is -0.813. The van der Waals surface area contributed by atoms with Crippen LogP contribution in [0.15, 0.2) is 63.5 Å². The summed E-state index contributed by atoms with van der Waals surface area (Å²) in [6.45, 7) is 5.21. The molecule has 0 aliphatic carbocycles. The number of hydrogen-bond acceptors (Lipinski definition) is 9. The Hall–Kier alpha value is -4.38. The van der Waals surface area contributed by atoms with E-state index in [9.17, 15) is 14.4 Å². The van der Waals surface area contributed by atoms with Crippen molar-refractivity contribution in [1.29, 1.82) is 0 Å². The van der Waals surface area contributed by atoms with Crippen molar-refractivity contribution >= 4 is 29.3 Å². The third kappa shape index (κ3) is 5.82. The molecule has 42 heavy (non-hydrogen) atoms. The molecular weight excluding hydrogens is 558 g/mol. The normalized spacial score (nSPS) is 16.6. The molecule has 1 amide bonds. The number of thiazole rings is 1. The van der Waals surface area contributed by atoms with Crippen molar-refractivity contribution < 1.29 is 28.5 Å². The van der Waals surface area contributed by atoms with E-state index in [2.05, 4.69) is 4.99 Å². The van der Waals surface area contributed by atoms with Crippen LogP contribution in [0.25, 0.3) is 6.08 Å². The summed E-state index contributed by atoms with van der Waals surface area (Å²) in [7, 11) is 3.08. The Kier molecular flexibility index (Phi) is 8.77. The van der Waals surface area contributed by atoms with Crippen LogP contribution >= 0.6 is 11.3 Å². The van der Waals surface area contributed by atoms with Gasteiger partial charge in [0, 0.05) is 24.7 Å². The average molecular weight is 592 g/mol. The number of carbonyl (C=O) groups is 2.